The second-order valence-corrected chi connectivity index (χ2v) is 9.14. The minimum Gasteiger partial charge on any atom is -0.456 e. The van der Waals surface area contributed by atoms with Crippen LogP contribution in [0.4, 0.5) is 0 Å². The van der Waals surface area contributed by atoms with Crippen molar-refractivity contribution < 1.29 is 22.7 Å². The molecule has 2 aliphatic rings. The molecule has 1 aromatic carbocycles. The second kappa shape index (κ2) is 8.30. The highest BCUT2D eigenvalue weighted by molar-refractivity contribution is 7.90. The Morgan fingerprint density at radius 2 is 1.89 bits per heavy atom. The van der Waals surface area contributed by atoms with Gasteiger partial charge < -0.3 is 9.64 Å². The van der Waals surface area contributed by atoms with E-state index in [1.54, 1.807) is 23.1 Å². The van der Waals surface area contributed by atoms with Crippen LogP contribution in [0.3, 0.4) is 0 Å². The van der Waals surface area contributed by atoms with Crippen molar-refractivity contribution in [2.24, 2.45) is 16.8 Å². The van der Waals surface area contributed by atoms with Crippen molar-refractivity contribution in [1.82, 2.24) is 9.62 Å². The van der Waals surface area contributed by atoms with Crippen LogP contribution >= 0.6 is 0 Å². The molecule has 2 heterocycles. The first kappa shape index (κ1) is 20.3. The van der Waals surface area contributed by atoms with E-state index in [0.717, 1.165) is 6.42 Å². The number of likely N-dealkylation sites (tertiary alicyclic amines) is 1. The van der Waals surface area contributed by atoms with Crippen molar-refractivity contribution in [1.29, 1.82) is 0 Å². The summed E-state index contributed by atoms with van der Waals surface area (Å²) in [6, 6.07) is 6.52. The number of piperidine rings is 1. The van der Waals surface area contributed by atoms with Crippen molar-refractivity contribution in [3.8, 4) is 0 Å². The Kier molecular flexibility index (Phi) is 6.02. The molecule has 2 aliphatic heterocycles. The number of ether oxygens (including phenoxy) is 1. The molecular formula is C19H25N3O5S. The number of rotatable bonds is 5. The Morgan fingerprint density at radius 1 is 1.21 bits per heavy atom. The first-order chi connectivity index (χ1) is 13.3. The van der Waals surface area contributed by atoms with Gasteiger partial charge in [0, 0.05) is 18.7 Å². The van der Waals surface area contributed by atoms with Gasteiger partial charge in [-0.1, -0.05) is 26.0 Å². The lowest BCUT2D eigenvalue weighted by Crippen LogP contribution is -2.44. The van der Waals surface area contributed by atoms with Crippen molar-refractivity contribution in [3.63, 3.8) is 0 Å². The Hall–Kier alpha value is -2.42. The van der Waals surface area contributed by atoms with Crippen LogP contribution in [0.1, 0.15) is 32.3 Å². The van der Waals surface area contributed by atoms with Crippen LogP contribution in [0.5, 0.6) is 0 Å². The van der Waals surface area contributed by atoms with E-state index >= 15 is 0 Å². The molecule has 1 N–H and O–H groups in total. The highest BCUT2D eigenvalue weighted by Crippen LogP contribution is 2.22. The Morgan fingerprint density at radius 3 is 2.61 bits per heavy atom. The number of esters is 1. The third kappa shape index (κ3) is 4.70. The van der Waals surface area contributed by atoms with Crippen LogP contribution in [0.25, 0.3) is 0 Å². The van der Waals surface area contributed by atoms with Crippen LogP contribution in [0.2, 0.25) is 0 Å². The van der Waals surface area contributed by atoms with Gasteiger partial charge in [-0.15, -0.1) is 0 Å². The minimum atomic E-state index is -3.60. The highest BCUT2D eigenvalue weighted by Gasteiger charge is 2.30. The summed E-state index contributed by atoms with van der Waals surface area (Å²) in [6.45, 7) is 5.39. The lowest BCUT2D eigenvalue weighted by Gasteiger charge is -2.34. The summed E-state index contributed by atoms with van der Waals surface area (Å²) in [5.74, 6) is 0.380. The molecule has 9 heteroatoms. The van der Waals surface area contributed by atoms with Crippen molar-refractivity contribution in [2.45, 2.75) is 31.6 Å². The SMILES string of the molecule is C[C@@H]1C[C@@H](C)CN(C(=O)COC(=O)CCN=C2NS(=O)(=O)c3ccccc32)C1. The molecule has 8 nitrogen and oxygen atoms in total. The molecule has 1 fully saturated rings. The summed E-state index contributed by atoms with van der Waals surface area (Å²) in [6.07, 6.45) is 1.06. The van der Waals surface area contributed by atoms with E-state index in [2.05, 4.69) is 23.6 Å². The molecule has 1 aromatic rings. The maximum Gasteiger partial charge on any atom is 0.308 e. The predicted octanol–water partition coefficient (Wildman–Crippen LogP) is 1.16. The normalized spacial score (nSPS) is 24.5. The lowest BCUT2D eigenvalue weighted by molar-refractivity contribution is -0.153. The number of hydrogen-bond acceptors (Lipinski definition) is 6. The minimum absolute atomic E-state index is 0.0342. The number of fused-ring (bicyclic) bond motifs is 1. The van der Waals surface area contributed by atoms with Crippen LogP contribution < -0.4 is 4.72 Å². The molecule has 3 rings (SSSR count). The van der Waals surface area contributed by atoms with E-state index in [0.29, 0.717) is 30.5 Å². The predicted molar refractivity (Wildman–Crippen MR) is 103 cm³/mol. The van der Waals surface area contributed by atoms with Gasteiger partial charge in [0.2, 0.25) is 0 Å². The number of carbonyl (C=O) groups is 2. The Balaban J connectivity index is 1.48. The van der Waals surface area contributed by atoms with Crippen LogP contribution in [0, 0.1) is 11.8 Å². The number of nitrogens with one attached hydrogen (secondary N) is 1. The van der Waals surface area contributed by atoms with Gasteiger partial charge in [-0.25, -0.2) is 8.42 Å². The van der Waals surface area contributed by atoms with E-state index in [1.165, 1.54) is 6.07 Å². The number of aliphatic imine (C=N–C) groups is 1. The summed E-state index contributed by atoms with van der Waals surface area (Å²) >= 11 is 0. The molecule has 0 unspecified atom stereocenters. The molecule has 1 saturated heterocycles. The second-order valence-electron chi connectivity index (χ2n) is 7.49. The van der Waals surface area contributed by atoms with Gasteiger partial charge in [-0.3, -0.25) is 19.3 Å². The number of nitrogens with zero attached hydrogens (tertiary/aromatic N) is 2. The molecule has 1 amide bonds. The molecule has 28 heavy (non-hydrogen) atoms. The van der Waals surface area contributed by atoms with E-state index in [-0.39, 0.29) is 36.2 Å². The number of amidine groups is 1. The topological polar surface area (TPSA) is 105 Å². The van der Waals surface area contributed by atoms with Crippen molar-refractivity contribution in [2.75, 3.05) is 26.2 Å². The zero-order valence-electron chi connectivity index (χ0n) is 16.1. The Labute approximate surface area is 165 Å². The Bertz CT molecular complexity index is 887. The van der Waals surface area contributed by atoms with Gasteiger partial charge >= 0.3 is 5.97 Å². The smallest absolute Gasteiger partial charge is 0.308 e. The first-order valence-corrected chi connectivity index (χ1v) is 10.8. The third-order valence-corrected chi connectivity index (χ3v) is 6.22. The van der Waals surface area contributed by atoms with Crippen LogP contribution in [-0.4, -0.2) is 57.3 Å². The summed E-state index contributed by atoms with van der Waals surface area (Å²) in [5.41, 5.74) is 0.486. The van der Waals surface area contributed by atoms with Gasteiger partial charge in [0.15, 0.2) is 6.61 Å². The van der Waals surface area contributed by atoms with Crippen LogP contribution in [-0.2, 0) is 24.3 Å². The fourth-order valence-corrected chi connectivity index (χ4v) is 4.93. The standard InChI is InChI=1S/C19H25N3O5S/c1-13-9-14(2)11-22(10-13)17(23)12-27-18(24)7-8-20-19-15-5-3-4-6-16(15)28(25,26)21-19/h3-6,13-14H,7-12H2,1-2H3,(H,20,21)/t13-,14-/m1/s1. The lowest BCUT2D eigenvalue weighted by atomic mass is 9.92. The van der Waals surface area contributed by atoms with E-state index in [1.807, 2.05) is 0 Å². The molecular weight excluding hydrogens is 382 g/mol. The van der Waals surface area contributed by atoms with Crippen molar-refractivity contribution in [3.05, 3.63) is 29.8 Å². The molecule has 0 radical (unpaired) electrons. The zero-order chi connectivity index (χ0) is 20.3. The van der Waals surface area contributed by atoms with Gasteiger partial charge in [0.25, 0.3) is 15.9 Å². The molecule has 0 bridgehead atoms. The fraction of sp³-hybridized carbons (Fsp3) is 0.526. The van der Waals surface area contributed by atoms with Gasteiger partial charge in [0.1, 0.15) is 5.84 Å². The number of carbonyl (C=O) groups excluding carboxylic acids is 2. The maximum atomic E-state index is 12.2. The zero-order valence-corrected chi connectivity index (χ0v) is 16.9. The first-order valence-electron chi connectivity index (χ1n) is 9.36. The van der Waals surface area contributed by atoms with Gasteiger partial charge in [0.05, 0.1) is 17.9 Å². The van der Waals surface area contributed by atoms with Gasteiger partial charge in [-0.05, 0) is 30.4 Å². The average Bonchev–Trinajstić information content (AvgIpc) is 2.90. The van der Waals surface area contributed by atoms with E-state index in [9.17, 15) is 18.0 Å². The summed E-state index contributed by atoms with van der Waals surface area (Å²) in [4.78, 5) is 30.2. The summed E-state index contributed by atoms with van der Waals surface area (Å²) in [7, 11) is -3.60. The molecule has 0 saturated carbocycles. The van der Waals surface area contributed by atoms with Crippen LogP contribution in [0.15, 0.2) is 34.2 Å². The fourth-order valence-electron chi connectivity index (χ4n) is 3.68. The maximum absolute atomic E-state index is 12.2. The summed E-state index contributed by atoms with van der Waals surface area (Å²) in [5, 5.41) is 0. The molecule has 2 atom stereocenters. The number of amides is 1. The van der Waals surface area contributed by atoms with E-state index < -0.39 is 16.0 Å². The number of sulfonamides is 1. The molecule has 0 aliphatic carbocycles. The van der Waals surface area contributed by atoms with Crippen molar-refractivity contribution >= 4 is 27.7 Å². The molecule has 0 aromatic heterocycles. The molecule has 152 valence electrons. The third-order valence-electron chi connectivity index (χ3n) is 4.83. The molecule has 0 spiro atoms. The monoisotopic (exact) mass is 407 g/mol. The number of benzene rings is 1. The quantitative estimate of drug-likeness (QED) is 0.738. The largest absolute Gasteiger partial charge is 0.456 e. The average molecular weight is 407 g/mol. The van der Waals surface area contributed by atoms with E-state index in [4.69, 9.17) is 4.74 Å². The summed E-state index contributed by atoms with van der Waals surface area (Å²) < 4.78 is 31.5. The highest BCUT2D eigenvalue weighted by atomic mass is 32.2. The number of hydrogen-bond donors (Lipinski definition) is 1. The van der Waals surface area contributed by atoms with Gasteiger partial charge in [-0.2, -0.15) is 0 Å².